The molecule has 4 heterocycles. The summed E-state index contributed by atoms with van der Waals surface area (Å²) in [6, 6.07) is 0.396. The topological polar surface area (TPSA) is 109 Å². The molecule has 0 aromatic heterocycles. The first-order valence-corrected chi connectivity index (χ1v) is 17.7. The van der Waals surface area contributed by atoms with Crippen molar-refractivity contribution in [3.63, 3.8) is 0 Å². The molecule has 0 radical (unpaired) electrons. The van der Waals surface area contributed by atoms with Gasteiger partial charge in [0.2, 0.25) is 12.3 Å². The minimum Gasteiger partial charge on any atom is -0.466 e. The van der Waals surface area contributed by atoms with Gasteiger partial charge in [-0.3, -0.25) is 24.2 Å². The summed E-state index contributed by atoms with van der Waals surface area (Å²) in [7, 11) is 7.73. The van der Waals surface area contributed by atoms with Crippen LogP contribution >= 0.6 is 0 Å². The van der Waals surface area contributed by atoms with E-state index in [2.05, 4.69) is 44.1 Å². The van der Waals surface area contributed by atoms with Crippen molar-refractivity contribution in [1.29, 1.82) is 0 Å². The van der Waals surface area contributed by atoms with E-state index in [1.165, 1.54) is 70.4 Å². The lowest BCUT2D eigenvalue weighted by Crippen LogP contribution is -2.53. The van der Waals surface area contributed by atoms with Gasteiger partial charge >= 0.3 is 0 Å². The van der Waals surface area contributed by atoms with Gasteiger partial charge in [-0.15, -0.1) is 0 Å². The third-order valence-corrected chi connectivity index (χ3v) is 10.8. The number of amides is 2. The lowest BCUT2D eigenvalue weighted by atomic mass is 9.96. The van der Waals surface area contributed by atoms with Crippen molar-refractivity contribution < 1.29 is 23.9 Å². The summed E-state index contributed by atoms with van der Waals surface area (Å²) in [6.45, 7) is 10.1. The van der Waals surface area contributed by atoms with E-state index in [4.69, 9.17) is 4.74 Å². The van der Waals surface area contributed by atoms with Gasteiger partial charge in [0, 0.05) is 83.8 Å². The number of aldehydes is 1. The molecule has 0 aromatic carbocycles. The number of piperidine rings is 1. The van der Waals surface area contributed by atoms with Crippen LogP contribution in [0.25, 0.3) is 0 Å². The molecule has 0 spiro atoms. The molecule has 1 aliphatic carbocycles. The zero-order chi connectivity index (χ0) is 33.8. The van der Waals surface area contributed by atoms with Crippen LogP contribution in [0.1, 0.15) is 57.8 Å². The predicted octanol–water partition coefficient (Wildman–Crippen LogP) is 1.39. The Morgan fingerprint density at radius 2 is 1.77 bits per heavy atom. The molecule has 0 aromatic rings. The molecule has 4 unspecified atom stereocenters. The molecule has 2 amide bonds. The van der Waals surface area contributed by atoms with Crippen molar-refractivity contribution in [2.45, 2.75) is 82.0 Å². The summed E-state index contributed by atoms with van der Waals surface area (Å²) in [5, 5.41) is 2.65. The van der Waals surface area contributed by atoms with Crippen molar-refractivity contribution in [1.82, 2.24) is 34.7 Å². The molecule has 5 rings (SSSR count). The maximum absolute atomic E-state index is 12.5. The minimum atomic E-state index is -0.672. The van der Waals surface area contributed by atoms with Gasteiger partial charge in [0.25, 0.3) is 6.47 Å². The first-order valence-electron chi connectivity index (χ1n) is 17.7. The highest BCUT2D eigenvalue weighted by Gasteiger charge is 2.37. The van der Waals surface area contributed by atoms with E-state index >= 15 is 0 Å². The van der Waals surface area contributed by atoms with Gasteiger partial charge in [-0.25, -0.2) is 0 Å². The standard InChI is InChI=1S/C26H44N6O3.C9H15NO2/c1-27-26(35)24(6-5-17-33)32(20-34)23-8-7-22(18-25(23)28(2)3)31-15-13-30(14-16-31)19-21-9-11-29(4)12-10-21;11-7-12-6-9-4-3-8-2-1-5-10(8)9/h7,17-18,20-21,23-24H,5-6,8-16,19H2,1-4H3,(H,27,35);7-9H,1-6H2. The number of nitrogens with one attached hydrogen (secondary N) is 1. The fourth-order valence-corrected chi connectivity index (χ4v) is 8.08. The lowest BCUT2D eigenvalue weighted by molar-refractivity contribution is -0.134. The normalized spacial score (nSPS) is 26.2. The van der Waals surface area contributed by atoms with Gasteiger partial charge in [0.15, 0.2) is 0 Å². The highest BCUT2D eigenvalue weighted by atomic mass is 16.5. The van der Waals surface area contributed by atoms with Crippen LogP contribution in [-0.2, 0) is 23.9 Å². The quantitative estimate of drug-likeness (QED) is 0.276. The fraction of sp³-hybridized carbons (Fsp3) is 0.771. The average molecular weight is 658 g/mol. The number of rotatable bonds is 14. The monoisotopic (exact) mass is 657 g/mol. The van der Waals surface area contributed by atoms with Crippen molar-refractivity contribution in [2.75, 3.05) is 87.2 Å². The highest BCUT2D eigenvalue weighted by Crippen LogP contribution is 2.32. The Morgan fingerprint density at radius 1 is 1.02 bits per heavy atom. The minimum absolute atomic E-state index is 0.235. The molecule has 4 atom stereocenters. The van der Waals surface area contributed by atoms with E-state index < -0.39 is 6.04 Å². The molecule has 264 valence electrons. The molecule has 47 heavy (non-hydrogen) atoms. The Bertz CT molecular complexity index is 1080. The van der Waals surface area contributed by atoms with Gasteiger partial charge in [-0.1, -0.05) is 6.08 Å². The van der Waals surface area contributed by atoms with Crippen LogP contribution in [0.3, 0.4) is 0 Å². The third kappa shape index (κ3) is 10.0. The van der Waals surface area contributed by atoms with E-state index in [-0.39, 0.29) is 18.4 Å². The van der Waals surface area contributed by atoms with Crippen LogP contribution in [0.2, 0.25) is 0 Å². The third-order valence-electron chi connectivity index (χ3n) is 10.8. The van der Waals surface area contributed by atoms with Gasteiger partial charge in [0.05, 0.1) is 6.04 Å². The molecule has 12 nitrogen and oxygen atoms in total. The van der Waals surface area contributed by atoms with Gasteiger partial charge in [-0.2, -0.15) is 0 Å². The average Bonchev–Trinajstić information content (AvgIpc) is 3.72. The number of fused-ring (bicyclic) bond motifs is 1. The number of ether oxygens (including phenoxy) is 1. The van der Waals surface area contributed by atoms with Gasteiger partial charge < -0.3 is 34.4 Å². The second-order valence-corrected chi connectivity index (χ2v) is 14.0. The zero-order valence-electron chi connectivity index (χ0n) is 29.2. The van der Waals surface area contributed by atoms with Crippen LogP contribution in [0.4, 0.5) is 0 Å². The van der Waals surface area contributed by atoms with Gasteiger partial charge in [0.1, 0.15) is 18.9 Å². The van der Waals surface area contributed by atoms with E-state index in [0.29, 0.717) is 32.0 Å². The summed E-state index contributed by atoms with van der Waals surface area (Å²) in [4.78, 5) is 59.3. The number of hydrogen-bond acceptors (Lipinski definition) is 10. The number of piperazine rings is 1. The molecular weight excluding hydrogens is 598 g/mol. The maximum atomic E-state index is 12.5. The molecule has 1 N–H and O–H groups in total. The molecule has 12 heteroatoms. The van der Waals surface area contributed by atoms with E-state index in [0.717, 1.165) is 56.5 Å². The number of carbonyl (C=O) groups is 4. The highest BCUT2D eigenvalue weighted by molar-refractivity contribution is 5.83. The lowest BCUT2D eigenvalue weighted by Gasteiger charge is -2.42. The van der Waals surface area contributed by atoms with E-state index in [1.807, 2.05) is 19.0 Å². The predicted molar refractivity (Wildman–Crippen MR) is 182 cm³/mol. The first-order chi connectivity index (χ1) is 22.8. The number of hydrogen-bond donors (Lipinski definition) is 1. The van der Waals surface area contributed by atoms with Crippen LogP contribution in [0.15, 0.2) is 23.5 Å². The Balaban J connectivity index is 0.000000345. The molecule has 0 bridgehead atoms. The summed E-state index contributed by atoms with van der Waals surface area (Å²) < 4.78 is 4.80. The van der Waals surface area contributed by atoms with Crippen LogP contribution in [0.5, 0.6) is 0 Å². The molecule has 5 aliphatic rings. The summed E-state index contributed by atoms with van der Waals surface area (Å²) in [5.41, 5.74) is 2.20. The first kappa shape index (κ1) is 36.9. The van der Waals surface area contributed by atoms with E-state index in [9.17, 15) is 19.2 Å². The van der Waals surface area contributed by atoms with Crippen molar-refractivity contribution in [3.05, 3.63) is 23.5 Å². The number of likely N-dealkylation sites (N-methyl/N-ethyl adjacent to an activating group) is 2. The number of likely N-dealkylation sites (tertiary alicyclic amines) is 1. The summed E-state index contributed by atoms with van der Waals surface area (Å²) >= 11 is 0. The Labute approximate surface area is 282 Å². The number of nitrogens with zero attached hydrogens (tertiary/aromatic N) is 6. The second kappa shape index (κ2) is 18.5. The SMILES string of the molecule is CNC(=O)C(CCC=O)N(C=O)C1CC=C(N2CCN(CC3CCN(C)CC3)CC2)C=C1N(C)C.O=COCC1CCC2CCCN21. The summed E-state index contributed by atoms with van der Waals surface area (Å²) in [6.07, 6.45) is 14.9. The van der Waals surface area contributed by atoms with Gasteiger partial charge in [-0.05, 0) is 90.0 Å². The molecule has 4 aliphatic heterocycles. The van der Waals surface area contributed by atoms with Crippen LogP contribution < -0.4 is 5.32 Å². The van der Waals surface area contributed by atoms with Crippen LogP contribution in [0, 0.1) is 5.92 Å². The van der Waals surface area contributed by atoms with Crippen molar-refractivity contribution >= 4 is 25.1 Å². The Morgan fingerprint density at radius 3 is 2.40 bits per heavy atom. The molecule has 0 saturated carbocycles. The molecule has 4 saturated heterocycles. The molecular formula is C35H59N7O5. The Hall–Kier alpha value is -2.96. The van der Waals surface area contributed by atoms with Crippen molar-refractivity contribution in [3.8, 4) is 0 Å². The largest absolute Gasteiger partial charge is 0.466 e. The number of carbonyl (C=O) groups excluding carboxylic acids is 4. The van der Waals surface area contributed by atoms with E-state index in [1.54, 1.807) is 11.9 Å². The number of allylic oxidation sites excluding steroid dienone is 1. The maximum Gasteiger partial charge on any atom is 0.293 e. The second-order valence-electron chi connectivity index (χ2n) is 14.0. The Kier molecular flexibility index (Phi) is 14.5. The van der Waals surface area contributed by atoms with Crippen LogP contribution in [-0.4, -0.2) is 166 Å². The summed E-state index contributed by atoms with van der Waals surface area (Å²) in [5.74, 6) is 0.571. The zero-order valence-corrected chi connectivity index (χ0v) is 29.2. The molecule has 4 fully saturated rings. The van der Waals surface area contributed by atoms with Crippen molar-refractivity contribution in [2.24, 2.45) is 5.92 Å². The fourth-order valence-electron chi connectivity index (χ4n) is 8.08. The smallest absolute Gasteiger partial charge is 0.293 e.